The second-order valence-corrected chi connectivity index (χ2v) is 22.7. The van der Waals surface area contributed by atoms with Gasteiger partial charge < -0.3 is 4.11 Å². The van der Waals surface area contributed by atoms with Crippen molar-refractivity contribution in [2.45, 2.75) is 83.5 Å². The molecule has 0 atom stereocenters. The molecule has 0 aliphatic carbocycles. The minimum absolute atomic E-state index is 0. The molecule has 0 saturated carbocycles. The first-order chi connectivity index (χ1) is 12.3. The molecule has 0 heterocycles. The summed E-state index contributed by atoms with van der Waals surface area (Å²) in [5, 5.41) is 24.0. The van der Waals surface area contributed by atoms with Crippen LogP contribution in [0.3, 0.4) is 0 Å². The van der Waals surface area contributed by atoms with Gasteiger partial charge in [-0.3, -0.25) is 4.70 Å². The Hall–Kier alpha value is -0.0110. The third kappa shape index (κ3) is 96.6. The molecule has 0 N–H and O–H groups in total. The third-order valence-electron chi connectivity index (χ3n) is 2.36. The molecule has 0 rings (SSSR count). The number of unbranched alkanes of at least 4 members (excludes halogenated alkanes) is 2. The minimum atomic E-state index is -2.35. The molecule has 0 bridgehead atoms. The van der Waals surface area contributed by atoms with Gasteiger partial charge in [0.1, 0.15) is 8.11 Å². The number of halogens is 4. The molecule has 0 spiro atoms. The Kier molecular flexibility index (Phi) is 44.7. The Morgan fingerprint density at radius 2 is 1.31 bits per heavy atom. The van der Waals surface area contributed by atoms with E-state index >= 15 is 0 Å². The van der Waals surface area contributed by atoms with E-state index in [1.54, 1.807) is 19.2 Å². The molecule has 0 aromatic rings. The van der Waals surface area contributed by atoms with Gasteiger partial charge in [-0.05, 0) is 38.0 Å². The molecule has 0 saturated heterocycles. The molecule has 174 valence electrons. The Bertz CT molecular complexity index is 435. The van der Waals surface area contributed by atoms with E-state index in [1.165, 1.54) is 0 Å². The largest absolute Gasteiger partial charge is 0.314 e. The molecule has 0 aliphatic rings. The van der Waals surface area contributed by atoms with Crippen molar-refractivity contribution in [3.05, 3.63) is 12.7 Å². The summed E-state index contributed by atoms with van der Waals surface area (Å²) in [6, 6.07) is 7.68. The molecule has 0 amide bonds. The zero-order valence-electron chi connectivity index (χ0n) is 18.5. The molecule has 0 aromatic carbocycles. The Morgan fingerprint density at radius 3 is 1.48 bits per heavy atom. The van der Waals surface area contributed by atoms with Gasteiger partial charge in [-0.1, -0.05) is 32.3 Å². The number of nitriles is 3. The van der Waals surface area contributed by atoms with E-state index in [1.807, 2.05) is 12.1 Å². The Labute approximate surface area is 205 Å². The van der Waals surface area contributed by atoms with Crippen molar-refractivity contribution in [3.63, 3.8) is 0 Å². The van der Waals surface area contributed by atoms with Crippen LogP contribution in [0.15, 0.2) is 12.7 Å². The normalized spacial score (nSPS) is 8.93. The van der Waals surface area contributed by atoms with Crippen molar-refractivity contribution < 1.29 is 29.9 Å². The maximum Gasteiger partial charge on any atom is 0.241 e. The third-order valence-corrected chi connectivity index (χ3v) is 6.01. The average molecular weight is 684 g/mol. The number of nitrogens with zero attached hydrogens (tertiary/aromatic N) is 3. The molecular formula is C18H37Cl2F2N3PtSi3. The Balaban J connectivity index is -0.0000000625. The molecule has 0 aromatic heterocycles. The molecule has 3 nitrogen and oxygen atoms in total. The summed E-state index contributed by atoms with van der Waals surface area (Å²) < 4.78 is 12.7. The Morgan fingerprint density at radius 1 is 0.966 bits per heavy atom. The van der Waals surface area contributed by atoms with Crippen molar-refractivity contribution in [3.8, 4) is 18.2 Å². The first-order valence-electron chi connectivity index (χ1n) is 9.01. The summed E-state index contributed by atoms with van der Waals surface area (Å²) in [6.07, 6.45) is 4.88. The molecular weight excluding hydrogens is 646 g/mol. The smallest absolute Gasteiger partial charge is 0.241 e. The monoisotopic (exact) mass is 682 g/mol. The molecule has 0 radical (unpaired) electrons. The van der Waals surface area contributed by atoms with Crippen molar-refractivity contribution >= 4 is 46.1 Å². The van der Waals surface area contributed by atoms with Gasteiger partial charge >= 0.3 is 0 Å². The standard InChI is InChI=1S/C6H12ClNSi.C6H12FNSi.C4H5N.C2H7ClSi.FH.Pt/c2*1-9(2,7)6-4-3-5-8;1-2-3-4-5;1-4(2)3;;/h2*3-4,6H2,1-2H3;2H,1,3H2;4H,1-2H3;1H;. The van der Waals surface area contributed by atoms with Gasteiger partial charge in [-0.25, -0.2) is 0 Å². The second kappa shape index (κ2) is 30.2. The first kappa shape index (κ1) is 43.0. The second-order valence-electron chi connectivity index (χ2n) is 7.13. The van der Waals surface area contributed by atoms with E-state index < -0.39 is 23.9 Å². The fraction of sp³-hybridized carbons (Fsp3) is 0.722. The summed E-state index contributed by atoms with van der Waals surface area (Å²) in [6.45, 7) is 15.0. The van der Waals surface area contributed by atoms with Crippen molar-refractivity contribution in [1.29, 1.82) is 15.8 Å². The van der Waals surface area contributed by atoms with E-state index in [-0.39, 0.29) is 25.8 Å². The topological polar surface area (TPSA) is 71.4 Å². The van der Waals surface area contributed by atoms with Gasteiger partial charge in [-0.15, -0.1) is 6.58 Å². The van der Waals surface area contributed by atoms with E-state index in [4.69, 9.17) is 37.9 Å². The molecule has 29 heavy (non-hydrogen) atoms. The van der Waals surface area contributed by atoms with Crippen LogP contribution in [0.5, 0.6) is 0 Å². The number of hydrogen-bond acceptors (Lipinski definition) is 3. The van der Waals surface area contributed by atoms with E-state index in [2.05, 4.69) is 38.8 Å². The summed E-state index contributed by atoms with van der Waals surface area (Å²) in [7, 11) is -4.39. The fourth-order valence-electron chi connectivity index (χ4n) is 1.24. The van der Waals surface area contributed by atoms with Crippen LogP contribution in [0.4, 0.5) is 8.81 Å². The van der Waals surface area contributed by atoms with Crippen LogP contribution in [0.2, 0.25) is 51.4 Å². The zero-order chi connectivity index (χ0) is 22.4. The van der Waals surface area contributed by atoms with E-state index in [0.29, 0.717) is 25.3 Å². The first-order valence-corrected chi connectivity index (χ1v) is 20.4. The summed E-state index contributed by atoms with van der Waals surface area (Å²) in [5.74, 6) is 0. The molecule has 0 aliphatic heterocycles. The van der Waals surface area contributed by atoms with Gasteiger partial charge in [0, 0.05) is 33.9 Å². The minimum Gasteiger partial charge on any atom is -0.314 e. The van der Waals surface area contributed by atoms with Gasteiger partial charge in [0.25, 0.3) is 0 Å². The zero-order valence-corrected chi connectivity index (χ0v) is 25.5. The molecule has 11 heteroatoms. The van der Waals surface area contributed by atoms with Gasteiger partial charge in [0.2, 0.25) is 8.41 Å². The van der Waals surface area contributed by atoms with Gasteiger partial charge in [-0.2, -0.15) is 37.9 Å². The van der Waals surface area contributed by atoms with Gasteiger partial charge in [0.15, 0.2) is 7.38 Å². The predicted molar refractivity (Wildman–Crippen MR) is 129 cm³/mol. The van der Waals surface area contributed by atoms with E-state index in [0.717, 1.165) is 18.9 Å². The van der Waals surface area contributed by atoms with Crippen LogP contribution in [-0.2, 0) is 21.1 Å². The summed E-state index contributed by atoms with van der Waals surface area (Å²) in [5.41, 5.74) is 0. The van der Waals surface area contributed by atoms with Crippen LogP contribution in [-0.4, -0.2) is 23.9 Å². The van der Waals surface area contributed by atoms with Crippen molar-refractivity contribution in [2.24, 2.45) is 0 Å². The number of hydrogen-bond donors (Lipinski definition) is 0. The van der Waals surface area contributed by atoms with Crippen molar-refractivity contribution in [1.82, 2.24) is 0 Å². The van der Waals surface area contributed by atoms with Crippen LogP contribution < -0.4 is 0 Å². The SMILES string of the molecule is C=CCC#N.C[SiH](C)Cl.C[Si](C)(Cl)CCCC#N.C[Si](C)(F)CCCC#N.F.[Pt]. The van der Waals surface area contributed by atoms with Gasteiger partial charge in [0.05, 0.1) is 24.6 Å². The summed E-state index contributed by atoms with van der Waals surface area (Å²) in [4.78, 5) is 0. The number of rotatable bonds is 7. The van der Waals surface area contributed by atoms with Crippen LogP contribution in [0.1, 0.15) is 32.1 Å². The number of allylic oxidation sites excluding steroid dienone is 1. The summed E-state index contributed by atoms with van der Waals surface area (Å²) >= 11 is 11.4. The van der Waals surface area contributed by atoms with Crippen LogP contribution in [0, 0.1) is 34.0 Å². The van der Waals surface area contributed by atoms with Crippen molar-refractivity contribution in [2.75, 3.05) is 0 Å². The fourth-order valence-corrected chi connectivity index (χ4v) is 3.68. The molecule has 0 fully saturated rings. The van der Waals surface area contributed by atoms with Crippen LogP contribution in [0.25, 0.3) is 0 Å². The van der Waals surface area contributed by atoms with Crippen LogP contribution >= 0.6 is 22.2 Å². The predicted octanol–water partition coefficient (Wildman–Crippen LogP) is 7.64. The van der Waals surface area contributed by atoms with E-state index in [9.17, 15) is 4.11 Å². The maximum absolute atomic E-state index is 12.7. The average Bonchev–Trinajstić information content (AvgIpc) is 2.47. The quantitative estimate of drug-likeness (QED) is 0.120. The maximum atomic E-state index is 12.7. The molecule has 0 unspecified atom stereocenters.